The minimum absolute atomic E-state index is 0.339. The van der Waals surface area contributed by atoms with Crippen LogP contribution in [-0.2, 0) is 9.53 Å². The zero-order valence-corrected chi connectivity index (χ0v) is 12.9. The Kier molecular flexibility index (Phi) is 4.46. The largest absolute Gasteiger partial charge is 0.451 e. The van der Waals surface area contributed by atoms with E-state index in [1.165, 1.54) is 22.7 Å². The van der Waals surface area contributed by atoms with Gasteiger partial charge in [-0.15, -0.1) is 22.7 Å². The quantitative estimate of drug-likeness (QED) is 0.876. The van der Waals surface area contributed by atoms with E-state index >= 15 is 0 Å². The Bertz CT molecular complexity index is 648. The van der Waals surface area contributed by atoms with Crippen molar-refractivity contribution in [2.75, 3.05) is 11.9 Å². The summed E-state index contributed by atoms with van der Waals surface area (Å²) in [6, 6.07) is 0. The number of anilines is 1. The van der Waals surface area contributed by atoms with E-state index in [0.717, 1.165) is 10.7 Å². The van der Waals surface area contributed by atoms with Gasteiger partial charge in [0.05, 0.1) is 16.4 Å². The van der Waals surface area contributed by atoms with Gasteiger partial charge in [0, 0.05) is 5.38 Å². The molecule has 8 heteroatoms. The van der Waals surface area contributed by atoms with Crippen LogP contribution in [0.3, 0.4) is 0 Å². The number of carbonyl (C=O) groups is 2. The molecule has 0 aliphatic carbocycles. The highest BCUT2D eigenvalue weighted by Gasteiger charge is 2.16. The fourth-order valence-corrected chi connectivity index (χ4v) is 3.00. The van der Waals surface area contributed by atoms with Crippen LogP contribution in [-0.4, -0.2) is 28.5 Å². The maximum Gasteiger partial charge on any atom is 0.350 e. The summed E-state index contributed by atoms with van der Waals surface area (Å²) >= 11 is 2.58. The van der Waals surface area contributed by atoms with Gasteiger partial charge in [-0.3, -0.25) is 10.1 Å². The van der Waals surface area contributed by atoms with Gasteiger partial charge in [-0.2, -0.15) is 0 Å². The van der Waals surface area contributed by atoms with Crippen LogP contribution >= 0.6 is 22.7 Å². The van der Waals surface area contributed by atoms with Crippen LogP contribution in [0.2, 0.25) is 0 Å². The molecule has 1 amide bonds. The van der Waals surface area contributed by atoms with Crippen molar-refractivity contribution in [2.45, 2.75) is 20.8 Å². The number of ether oxygens (including phenoxy) is 1. The molecule has 0 spiro atoms. The molecular weight excluding hydrogens is 298 g/mol. The molecule has 0 saturated heterocycles. The molecule has 1 N–H and O–H groups in total. The monoisotopic (exact) mass is 311 g/mol. The molecule has 0 unspecified atom stereocenters. The van der Waals surface area contributed by atoms with Crippen molar-refractivity contribution in [1.29, 1.82) is 0 Å². The number of rotatable bonds is 4. The standard InChI is InChI=1S/C12H13N3O3S2/c1-6-5-19-12(13-6)15-9(16)4-18-11(17)10-7(2)14-8(3)20-10/h5H,4H2,1-3H3,(H,13,15,16). The number of hydrogen-bond acceptors (Lipinski definition) is 7. The summed E-state index contributed by atoms with van der Waals surface area (Å²) in [7, 11) is 0. The minimum atomic E-state index is -0.529. The van der Waals surface area contributed by atoms with Crippen molar-refractivity contribution in [3.05, 3.63) is 26.7 Å². The molecule has 0 saturated carbocycles. The first-order valence-electron chi connectivity index (χ1n) is 5.79. The second-order valence-corrected chi connectivity index (χ2v) is 6.13. The number of thiazole rings is 2. The van der Waals surface area contributed by atoms with Crippen LogP contribution in [0, 0.1) is 20.8 Å². The van der Waals surface area contributed by atoms with Crippen LogP contribution < -0.4 is 5.32 Å². The molecule has 106 valence electrons. The van der Waals surface area contributed by atoms with Crippen molar-refractivity contribution < 1.29 is 14.3 Å². The first-order chi connectivity index (χ1) is 9.45. The first-order valence-corrected chi connectivity index (χ1v) is 7.48. The van der Waals surface area contributed by atoms with Gasteiger partial charge in [-0.1, -0.05) is 0 Å². The molecule has 0 bridgehead atoms. The molecule has 2 aromatic heterocycles. The summed E-state index contributed by atoms with van der Waals surface area (Å²) in [6.07, 6.45) is 0. The topological polar surface area (TPSA) is 81.2 Å². The molecule has 0 atom stereocenters. The molecule has 2 heterocycles. The van der Waals surface area contributed by atoms with E-state index < -0.39 is 11.9 Å². The summed E-state index contributed by atoms with van der Waals surface area (Å²) in [5.41, 5.74) is 1.45. The lowest BCUT2D eigenvalue weighted by Crippen LogP contribution is -2.20. The Morgan fingerprint density at radius 2 is 2.05 bits per heavy atom. The van der Waals surface area contributed by atoms with Crippen LogP contribution in [0.15, 0.2) is 5.38 Å². The second-order valence-electron chi connectivity index (χ2n) is 4.07. The van der Waals surface area contributed by atoms with E-state index in [2.05, 4.69) is 15.3 Å². The third kappa shape index (κ3) is 3.61. The van der Waals surface area contributed by atoms with Gasteiger partial charge in [-0.25, -0.2) is 14.8 Å². The van der Waals surface area contributed by atoms with Gasteiger partial charge >= 0.3 is 5.97 Å². The molecule has 0 fully saturated rings. The van der Waals surface area contributed by atoms with Gasteiger partial charge in [-0.05, 0) is 20.8 Å². The third-order valence-electron chi connectivity index (χ3n) is 2.29. The maximum atomic E-state index is 11.8. The fraction of sp³-hybridized carbons (Fsp3) is 0.333. The van der Waals surface area contributed by atoms with E-state index in [4.69, 9.17) is 4.74 Å². The van der Waals surface area contributed by atoms with Crippen molar-refractivity contribution >= 4 is 39.7 Å². The highest BCUT2D eigenvalue weighted by atomic mass is 32.1. The van der Waals surface area contributed by atoms with Gasteiger partial charge in [0.1, 0.15) is 4.88 Å². The molecule has 6 nitrogen and oxygen atoms in total. The van der Waals surface area contributed by atoms with Crippen molar-refractivity contribution in [2.24, 2.45) is 0 Å². The van der Waals surface area contributed by atoms with Gasteiger partial charge in [0.15, 0.2) is 11.7 Å². The average molecular weight is 311 g/mol. The summed E-state index contributed by atoms with van der Waals surface area (Å²) < 4.78 is 4.96. The SMILES string of the molecule is Cc1csc(NC(=O)COC(=O)c2sc(C)nc2C)n1. The van der Waals surface area contributed by atoms with E-state index in [0.29, 0.717) is 15.7 Å². The lowest BCUT2D eigenvalue weighted by molar-refractivity contribution is -0.119. The number of amides is 1. The first kappa shape index (κ1) is 14.6. The van der Waals surface area contributed by atoms with Crippen LogP contribution in [0.25, 0.3) is 0 Å². The molecular formula is C12H13N3O3S2. The molecule has 2 aromatic rings. The normalized spacial score (nSPS) is 10.3. The minimum Gasteiger partial charge on any atom is -0.451 e. The Balaban J connectivity index is 1.87. The van der Waals surface area contributed by atoms with Crippen LogP contribution in [0.1, 0.15) is 26.1 Å². The Morgan fingerprint density at radius 3 is 2.60 bits per heavy atom. The molecule has 0 radical (unpaired) electrons. The number of nitrogens with zero attached hydrogens (tertiary/aromatic N) is 2. The Morgan fingerprint density at radius 1 is 1.30 bits per heavy atom. The van der Waals surface area contributed by atoms with Crippen molar-refractivity contribution in [3.8, 4) is 0 Å². The van der Waals surface area contributed by atoms with Gasteiger partial charge in [0.2, 0.25) is 0 Å². The lowest BCUT2D eigenvalue weighted by atomic mass is 10.4. The molecule has 20 heavy (non-hydrogen) atoms. The average Bonchev–Trinajstić information content (AvgIpc) is 2.92. The number of nitrogens with one attached hydrogen (secondary N) is 1. The molecule has 0 aliphatic heterocycles. The van der Waals surface area contributed by atoms with E-state index in [1.807, 2.05) is 19.2 Å². The van der Waals surface area contributed by atoms with E-state index in [-0.39, 0.29) is 6.61 Å². The van der Waals surface area contributed by atoms with E-state index in [9.17, 15) is 9.59 Å². The lowest BCUT2D eigenvalue weighted by Gasteiger charge is -2.03. The number of aryl methyl sites for hydroxylation is 3. The summed E-state index contributed by atoms with van der Waals surface area (Å²) in [5, 5.41) is 5.68. The zero-order valence-electron chi connectivity index (χ0n) is 11.2. The summed E-state index contributed by atoms with van der Waals surface area (Å²) in [4.78, 5) is 32.1. The van der Waals surface area contributed by atoms with Gasteiger partial charge in [0.25, 0.3) is 5.91 Å². The predicted octanol–water partition coefficient (Wildman–Crippen LogP) is 2.32. The second kappa shape index (κ2) is 6.10. The Hall–Kier alpha value is -1.80. The number of aromatic nitrogens is 2. The third-order valence-corrected chi connectivity index (χ3v) is 4.22. The molecule has 2 rings (SSSR count). The smallest absolute Gasteiger partial charge is 0.350 e. The fourth-order valence-electron chi connectivity index (χ4n) is 1.48. The van der Waals surface area contributed by atoms with Crippen molar-refractivity contribution in [3.63, 3.8) is 0 Å². The van der Waals surface area contributed by atoms with Gasteiger partial charge < -0.3 is 4.74 Å². The van der Waals surface area contributed by atoms with Crippen molar-refractivity contribution in [1.82, 2.24) is 9.97 Å². The number of hydrogen-bond donors (Lipinski definition) is 1. The maximum absolute atomic E-state index is 11.8. The highest BCUT2D eigenvalue weighted by Crippen LogP contribution is 2.18. The molecule has 0 aromatic carbocycles. The van der Waals surface area contributed by atoms with Crippen LogP contribution in [0.5, 0.6) is 0 Å². The van der Waals surface area contributed by atoms with Crippen LogP contribution in [0.4, 0.5) is 5.13 Å². The summed E-state index contributed by atoms with van der Waals surface area (Å²) in [6.45, 7) is 5.04. The predicted molar refractivity (Wildman–Crippen MR) is 77.4 cm³/mol. The zero-order chi connectivity index (χ0) is 14.7. The number of carbonyl (C=O) groups excluding carboxylic acids is 2. The number of esters is 1. The molecule has 0 aliphatic rings. The Labute approximate surface area is 123 Å². The highest BCUT2D eigenvalue weighted by molar-refractivity contribution is 7.14. The summed E-state index contributed by atoms with van der Waals surface area (Å²) in [5.74, 6) is -0.940. The van der Waals surface area contributed by atoms with E-state index in [1.54, 1.807) is 6.92 Å².